The fourth-order valence-electron chi connectivity index (χ4n) is 3.40. The number of carbonyl (C=O) groups excluding carboxylic acids is 1. The van der Waals surface area contributed by atoms with E-state index in [2.05, 4.69) is 26.9 Å². The maximum absolute atomic E-state index is 12.1. The van der Waals surface area contributed by atoms with Gasteiger partial charge in [0.2, 0.25) is 0 Å². The van der Waals surface area contributed by atoms with Crippen LogP contribution in [0.15, 0.2) is 54.9 Å². The number of halogens is 9. The second kappa shape index (κ2) is 19.1. The van der Waals surface area contributed by atoms with Crippen molar-refractivity contribution in [3.8, 4) is 17.1 Å². The number of fused-ring (bicyclic) bond motifs is 1. The van der Waals surface area contributed by atoms with Crippen LogP contribution in [0.1, 0.15) is 20.8 Å². The highest BCUT2D eigenvalue weighted by molar-refractivity contribution is 5.94. The topological polar surface area (TPSA) is 220 Å². The van der Waals surface area contributed by atoms with Crippen molar-refractivity contribution in [2.24, 2.45) is 0 Å². The number of carboxylic acids is 3. The van der Waals surface area contributed by atoms with Gasteiger partial charge < -0.3 is 35.6 Å². The minimum atomic E-state index is -5.08. The van der Waals surface area contributed by atoms with Crippen LogP contribution in [0.4, 0.5) is 56.7 Å². The number of aromatic nitrogens is 4. The molecule has 302 valence electrons. The third-order valence-corrected chi connectivity index (χ3v) is 5.66. The first-order valence-corrected chi connectivity index (χ1v) is 14.7. The molecule has 2 aromatic carbocycles. The number of aromatic amines is 1. The van der Waals surface area contributed by atoms with E-state index in [-0.39, 0.29) is 18.1 Å². The van der Waals surface area contributed by atoms with Crippen molar-refractivity contribution >= 4 is 51.9 Å². The molecule has 0 saturated carbocycles. The number of alkyl halides is 9. The molecule has 6 N–H and O–H groups in total. The number of carbonyl (C=O) groups is 4. The Hall–Kier alpha value is -6.36. The lowest BCUT2D eigenvalue weighted by atomic mass is 10.1. The number of rotatable bonds is 7. The molecule has 0 aliphatic heterocycles. The van der Waals surface area contributed by atoms with Crippen LogP contribution in [0.25, 0.3) is 22.3 Å². The first kappa shape index (κ1) is 46.7. The van der Waals surface area contributed by atoms with Crippen LogP contribution in [0, 0.1) is 0 Å². The quantitative estimate of drug-likeness (QED) is 0.118. The molecule has 0 atom stereocenters. The average Bonchev–Trinajstić information content (AvgIpc) is 3.55. The molecule has 1 amide bonds. The van der Waals surface area contributed by atoms with E-state index in [9.17, 15) is 44.3 Å². The first-order valence-electron chi connectivity index (χ1n) is 14.7. The number of carboxylic acid groups (broad SMARTS) is 3. The fourth-order valence-corrected chi connectivity index (χ4v) is 3.40. The molecule has 24 heteroatoms. The maximum Gasteiger partial charge on any atom is 0.490 e. The summed E-state index contributed by atoms with van der Waals surface area (Å²) in [5, 5.41) is 35.3. The summed E-state index contributed by atoms with van der Waals surface area (Å²) in [6.45, 7) is 5.72. The minimum absolute atomic E-state index is 0.0695. The first-order chi connectivity index (χ1) is 25.0. The molecule has 0 spiro atoms. The molecule has 2 heterocycles. The maximum atomic E-state index is 12.1. The monoisotopic (exact) mass is 801 g/mol. The Labute approximate surface area is 304 Å². The average molecular weight is 802 g/mol. The van der Waals surface area contributed by atoms with Gasteiger partial charge in [0.25, 0.3) is 5.91 Å². The van der Waals surface area contributed by atoms with Gasteiger partial charge in [-0.2, -0.15) is 44.6 Å². The molecule has 15 nitrogen and oxygen atoms in total. The van der Waals surface area contributed by atoms with E-state index >= 15 is 0 Å². The lowest BCUT2D eigenvalue weighted by Gasteiger charge is -2.20. The second-order valence-corrected chi connectivity index (χ2v) is 11.6. The highest BCUT2D eigenvalue weighted by Gasteiger charge is 2.39. The van der Waals surface area contributed by atoms with Gasteiger partial charge in [0.05, 0.1) is 17.4 Å². The van der Waals surface area contributed by atoms with E-state index in [4.69, 9.17) is 44.4 Å². The van der Waals surface area contributed by atoms with Gasteiger partial charge in [-0.3, -0.25) is 9.89 Å². The van der Waals surface area contributed by atoms with Crippen molar-refractivity contribution in [3.63, 3.8) is 0 Å². The molecule has 0 fully saturated rings. The Bertz CT molecular complexity index is 1850. The summed E-state index contributed by atoms with van der Waals surface area (Å²) in [5.41, 5.74) is 3.11. The van der Waals surface area contributed by atoms with Crippen LogP contribution in [0.2, 0.25) is 0 Å². The molecule has 0 unspecified atom stereocenters. The van der Waals surface area contributed by atoms with E-state index in [1.54, 1.807) is 12.4 Å². The zero-order valence-corrected chi connectivity index (χ0v) is 29.0. The van der Waals surface area contributed by atoms with Gasteiger partial charge in [0, 0.05) is 42.5 Å². The molecule has 4 aromatic rings. The van der Waals surface area contributed by atoms with E-state index in [1.165, 1.54) is 0 Å². The van der Waals surface area contributed by atoms with Crippen LogP contribution >= 0.6 is 0 Å². The molecule has 2 aromatic heterocycles. The number of anilines is 3. The second-order valence-electron chi connectivity index (χ2n) is 11.6. The molecule has 0 aliphatic rings. The number of ether oxygens (including phenoxy) is 1. The van der Waals surface area contributed by atoms with Gasteiger partial charge in [0.15, 0.2) is 12.4 Å². The highest BCUT2D eigenvalue weighted by atomic mass is 19.4. The van der Waals surface area contributed by atoms with E-state index in [1.807, 2.05) is 76.2 Å². The Balaban J connectivity index is 0.000000588. The predicted octanol–water partition coefficient (Wildman–Crippen LogP) is 6.02. The van der Waals surface area contributed by atoms with Crippen molar-refractivity contribution in [1.29, 1.82) is 0 Å². The van der Waals surface area contributed by atoms with Gasteiger partial charge >= 0.3 is 36.4 Å². The van der Waals surface area contributed by atoms with E-state index in [0.717, 1.165) is 27.8 Å². The molecular weight excluding hydrogens is 769 g/mol. The molecule has 55 heavy (non-hydrogen) atoms. The lowest BCUT2D eigenvalue weighted by molar-refractivity contribution is -0.193. The van der Waals surface area contributed by atoms with Crippen molar-refractivity contribution in [3.05, 3.63) is 54.9 Å². The summed E-state index contributed by atoms with van der Waals surface area (Å²) in [7, 11) is 3.99. The number of hydrogen-bond donors (Lipinski definition) is 6. The Morgan fingerprint density at radius 3 is 1.76 bits per heavy atom. The van der Waals surface area contributed by atoms with E-state index in [0.29, 0.717) is 17.4 Å². The summed E-state index contributed by atoms with van der Waals surface area (Å²) >= 11 is 0. The number of amides is 1. The fraction of sp³-hybridized carbons (Fsp3) is 0.323. The summed E-state index contributed by atoms with van der Waals surface area (Å²) in [6, 6.07) is 13.5. The van der Waals surface area contributed by atoms with Crippen molar-refractivity contribution in [1.82, 2.24) is 25.5 Å². The third-order valence-electron chi connectivity index (χ3n) is 5.66. The summed E-state index contributed by atoms with van der Waals surface area (Å²) in [6.07, 6.45) is -11.8. The van der Waals surface area contributed by atoms with Crippen molar-refractivity contribution < 1.29 is 78.7 Å². The summed E-state index contributed by atoms with van der Waals surface area (Å²) < 4.78 is 101. The van der Waals surface area contributed by atoms with Gasteiger partial charge in [-0.05, 0) is 51.1 Å². The predicted molar refractivity (Wildman–Crippen MR) is 176 cm³/mol. The Morgan fingerprint density at radius 1 is 0.800 bits per heavy atom. The van der Waals surface area contributed by atoms with Gasteiger partial charge in [0.1, 0.15) is 11.6 Å². The lowest BCUT2D eigenvalue weighted by Crippen LogP contribution is -2.43. The third kappa shape index (κ3) is 17.3. The van der Waals surface area contributed by atoms with Gasteiger partial charge in [-0.1, -0.05) is 12.1 Å². The zero-order valence-electron chi connectivity index (χ0n) is 29.0. The smallest absolute Gasteiger partial charge is 0.484 e. The number of hydrogen-bond acceptors (Lipinski definition) is 10. The van der Waals surface area contributed by atoms with Gasteiger partial charge in [-0.15, -0.1) is 0 Å². The standard InChI is InChI=1S/C25H29N7O2.3C2HF3O2/c1-25(2,3)31-22(33)15-34-19-8-6-7-16(11-19)23-29-21-10-9-18(32(4)5)12-20(21)24(30-23)28-17-13-26-27-14-17;3*3-2(4,5)1(6)7/h6-14H,15H2,1-5H3,(H,26,27)(H,31,33)(H,28,29,30);3*(H,6,7). The van der Waals surface area contributed by atoms with Crippen LogP contribution in [-0.2, 0) is 19.2 Å². The minimum Gasteiger partial charge on any atom is -0.484 e. The number of benzene rings is 2. The Morgan fingerprint density at radius 2 is 1.33 bits per heavy atom. The molecular formula is C31H32F9N7O8. The van der Waals surface area contributed by atoms with Crippen LogP contribution in [-0.4, -0.2) is 104 Å². The molecule has 0 saturated heterocycles. The zero-order chi connectivity index (χ0) is 42.5. The summed E-state index contributed by atoms with van der Waals surface area (Å²) in [5.74, 6) is -6.67. The van der Waals surface area contributed by atoms with Crippen molar-refractivity contribution in [2.45, 2.75) is 44.8 Å². The van der Waals surface area contributed by atoms with Crippen LogP contribution in [0.5, 0.6) is 5.75 Å². The highest BCUT2D eigenvalue weighted by Crippen LogP contribution is 2.31. The number of aliphatic carboxylic acids is 3. The van der Waals surface area contributed by atoms with Crippen LogP contribution < -0.4 is 20.3 Å². The Kier molecular flexibility index (Phi) is 16.2. The van der Waals surface area contributed by atoms with E-state index < -0.39 is 36.4 Å². The largest absolute Gasteiger partial charge is 0.490 e. The van der Waals surface area contributed by atoms with Crippen LogP contribution in [0.3, 0.4) is 0 Å². The number of H-pyrrole nitrogens is 1. The molecule has 0 radical (unpaired) electrons. The SMILES string of the molecule is CN(C)c1ccc2nc(-c3cccc(OCC(=O)NC(C)(C)C)c3)nc(Nc3cn[nH]c3)c2c1.O=C(O)C(F)(F)F.O=C(O)C(F)(F)F.O=C(O)C(F)(F)F. The molecule has 0 bridgehead atoms. The number of nitrogens with zero attached hydrogens (tertiary/aromatic N) is 4. The summed E-state index contributed by atoms with van der Waals surface area (Å²) in [4.78, 5) is 50.5. The number of nitrogens with one attached hydrogen (secondary N) is 3. The normalized spacial score (nSPS) is 11.3. The molecule has 0 aliphatic carbocycles. The molecule has 4 rings (SSSR count). The van der Waals surface area contributed by atoms with Gasteiger partial charge in [-0.25, -0.2) is 24.4 Å². The van der Waals surface area contributed by atoms with Crippen molar-refractivity contribution in [2.75, 3.05) is 30.9 Å².